The summed E-state index contributed by atoms with van der Waals surface area (Å²) in [4.78, 5) is 49.4. The number of nitrogens with zero attached hydrogens (tertiary/aromatic N) is 3. The van der Waals surface area contributed by atoms with Crippen LogP contribution in [0.1, 0.15) is 48.2 Å². The Morgan fingerprint density at radius 1 is 1.06 bits per heavy atom. The molecule has 6 rings (SSSR count). The smallest absolute Gasteiger partial charge is 0.302 e. The topological polar surface area (TPSA) is 108 Å². The number of pyridine rings is 2. The Kier molecular flexibility index (Phi) is 5.31. The monoisotopic (exact) mass is 477 g/mol. The lowest BCUT2D eigenvalue weighted by Crippen LogP contribution is -2.53. The SMILES string of the molecule is CC.O=C1CCC(N2C(=O)c3cccc4c(C(F)(F)c5c[nH]c6cnccc56)cnc2c34)C(=O)N1. The minimum Gasteiger partial charge on any atom is -0.359 e. The Hall–Kier alpha value is -4.21. The van der Waals surface area contributed by atoms with E-state index < -0.39 is 29.7 Å². The lowest BCUT2D eigenvalue weighted by molar-refractivity contribution is -0.134. The summed E-state index contributed by atoms with van der Waals surface area (Å²) >= 11 is 0. The minimum absolute atomic E-state index is 0.0747. The number of fused-ring (bicyclic) bond motifs is 1. The Bertz CT molecular complexity index is 1510. The van der Waals surface area contributed by atoms with Gasteiger partial charge in [0.25, 0.3) is 5.91 Å². The number of aromatic amines is 1. The molecule has 35 heavy (non-hydrogen) atoms. The molecule has 0 aliphatic carbocycles. The third-order valence-electron chi connectivity index (χ3n) is 6.25. The quantitative estimate of drug-likeness (QED) is 0.433. The van der Waals surface area contributed by atoms with E-state index in [1.165, 1.54) is 47.8 Å². The minimum atomic E-state index is -3.42. The van der Waals surface area contributed by atoms with Crippen LogP contribution < -0.4 is 10.2 Å². The molecule has 2 aliphatic heterocycles. The molecule has 8 nitrogen and oxygen atoms in total. The average molecular weight is 477 g/mol. The van der Waals surface area contributed by atoms with Crippen LogP contribution in [-0.4, -0.2) is 38.7 Å². The average Bonchev–Trinajstić information content (AvgIpc) is 3.42. The molecule has 0 spiro atoms. The Morgan fingerprint density at radius 3 is 2.63 bits per heavy atom. The highest BCUT2D eigenvalue weighted by Crippen LogP contribution is 2.46. The lowest BCUT2D eigenvalue weighted by atomic mass is 9.95. The van der Waals surface area contributed by atoms with Crippen molar-refractivity contribution < 1.29 is 23.2 Å². The van der Waals surface area contributed by atoms with Crippen LogP contribution in [-0.2, 0) is 15.5 Å². The van der Waals surface area contributed by atoms with Crippen LogP contribution >= 0.6 is 0 Å². The molecule has 3 amide bonds. The van der Waals surface area contributed by atoms with E-state index in [1.54, 1.807) is 0 Å². The van der Waals surface area contributed by atoms with Gasteiger partial charge in [0.1, 0.15) is 11.9 Å². The van der Waals surface area contributed by atoms with Gasteiger partial charge < -0.3 is 4.98 Å². The summed E-state index contributed by atoms with van der Waals surface area (Å²) in [6.07, 6.45) is 5.42. The molecule has 1 fully saturated rings. The molecule has 5 heterocycles. The summed E-state index contributed by atoms with van der Waals surface area (Å²) in [6, 6.07) is 5.15. The van der Waals surface area contributed by atoms with Gasteiger partial charge in [-0.1, -0.05) is 26.0 Å². The number of nitrogens with one attached hydrogen (secondary N) is 2. The van der Waals surface area contributed by atoms with Gasteiger partial charge in [0.15, 0.2) is 0 Å². The van der Waals surface area contributed by atoms with Gasteiger partial charge in [-0.3, -0.25) is 29.6 Å². The van der Waals surface area contributed by atoms with Gasteiger partial charge in [0, 0.05) is 35.8 Å². The first kappa shape index (κ1) is 22.6. The van der Waals surface area contributed by atoms with E-state index in [9.17, 15) is 14.4 Å². The van der Waals surface area contributed by atoms with Crippen LogP contribution in [0.3, 0.4) is 0 Å². The van der Waals surface area contributed by atoms with Crippen LogP contribution in [0.5, 0.6) is 0 Å². The molecule has 10 heteroatoms. The van der Waals surface area contributed by atoms with E-state index in [4.69, 9.17) is 0 Å². The van der Waals surface area contributed by atoms with Crippen molar-refractivity contribution in [3.8, 4) is 0 Å². The van der Waals surface area contributed by atoms with Gasteiger partial charge in [-0.15, -0.1) is 0 Å². The number of rotatable bonds is 3. The lowest BCUT2D eigenvalue weighted by Gasteiger charge is -2.29. The number of anilines is 1. The van der Waals surface area contributed by atoms with Gasteiger partial charge in [-0.2, -0.15) is 8.78 Å². The number of imide groups is 1. The molecule has 1 aromatic carbocycles. The second-order valence-electron chi connectivity index (χ2n) is 8.06. The van der Waals surface area contributed by atoms with Gasteiger partial charge in [-0.05, 0) is 23.9 Å². The van der Waals surface area contributed by atoms with E-state index in [1.807, 2.05) is 13.8 Å². The fraction of sp³-hybridized carbons (Fsp3) is 0.240. The summed E-state index contributed by atoms with van der Waals surface area (Å²) in [7, 11) is 0. The molecule has 1 saturated heterocycles. The molecule has 4 aromatic rings. The predicted molar refractivity (Wildman–Crippen MR) is 125 cm³/mol. The number of hydrogen-bond acceptors (Lipinski definition) is 5. The van der Waals surface area contributed by atoms with E-state index in [2.05, 4.69) is 20.3 Å². The molecule has 2 aliphatic rings. The maximum atomic E-state index is 15.8. The number of aromatic nitrogens is 3. The standard InChI is InChI=1S/C23H15F2N5O3.C2H6/c24-23(25,14-8-27-16-10-26-7-6-11(14)16)15-9-28-20-19-12(15)2-1-3-13(19)22(33)30(20)17-4-5-18(31)29-21(17)32;1-2/h1-3,6-10,17,27H,4-5H2,(H,29,31,32);1-2H3. The number of amides is 3. The summed E-state index contributed by atoms with van der Waals surface area (Å²) in [5, 5.41) is 3.01. The molecular weight excluding hydrogens is 456 g/mol. The van der Waals surface area contributed by atoms with Crippen molar-refractivity contribution in [2.24, 2.45) is 0 Å². The summed E-state index contributed by atoms with van der Waals surface area (Å²) in [5.41, 5.74) is 0.0956. The summed E-state index contributed by atoms with van der Waals surface area (Å²) in [5.74, 6) is -4.81. The van der Waals surface area contributed by atoms with E-state index in [0.29, 0.717) is 10.9 Å². The zero-order valence-electron chi connectivity index (χ0n) is 18.9. The molecule has 1 unspecified atom stereocenters. The Balaban J connectivity index is 0.00000124. The molecular formula is C25H21F2N5O3. The number of carbonyl (C=O) groups excluding carboxylic acids is 3. The van der Waals surface area contributed by atoms with E-state index >= 15 is 8.78 Å². The number of halogens is 2. The van der Waals surface area contributed by atoms with Crippen molar-refractivity contribution in [3.63, 3.8) is 0 Å². The molecule has 2 N–H and O–H groups in total. The van der Waals surface area contributed by atoms with Gasteiger partial charge >= 0.3 is 5.92 Å². The third kappa shape index (κ3) is 3.28. The van der Waals surface area contributed by atoms with E-state index in [-0.39, 0.29) is 46.1 Å². The van der Waals surface area contributed by atoms with Crippen molar-refractivity contribution in [1.29, 1.82) is 0 Å². The Labute approximate surface area is 198 Å². The van der Waals surface area contributed by atoms with Crippen LogP contribution in [0, 0.1) is 0 Å². The Morgan fingerprint density at radius 2 is 1.86 bits per heavy atom. The summed E-state index contributed by atoms with van der Waals surface area (Å²) in [6.45, 7) is 4.00. The molecule has 0 saturated carbocycles. The van der Waals surface area contributed by atoms with Crippen LogP contribution in [0.4, 0.5) is 14.6 Å². The van der Waals surface area contributed by atoms with Crippen molar-refractivity contribution in [2.75, 3.05) is 4.90 Å². The fourth-order valence-corrected chi connectivity index (χ4v) is 4.71. The van der Waals surface area contributed by atoms with E-state index in [0.717, 1.165) is 6.20 Å². The first-order valence-corrected chi connectivity index (χ1v) is 11.3. The first-order valence-electron chi connectivity index (χ1n) is 11.3. The second-order valence-corrected chi connectivity index (χ2v) is 8.06. The van der Waals surface area contributed by atoms with Crippen LogP contribution in [0.15, 0.2) is 49.1 Å². The van der Waals surface area contributed by atoms with Crippen LogP contribution in [0.2, 0.25) is 0 Å². The normalized spacial score (nSPS) is 17.5. The third-order valence-corrected chi connectivity index (χ3v) is 6.25. The zero-order valence-corrected chi connectivity index (χ0v) is 18.9. The highest BCUT2D eigenvalue weighted by molar-refractivity contribution is 6.26. The van der Waals surface area contributed by atoms with Crippen molar-refractivity contribution >= 4 is 45.2 Å². The highest BCUT2D eigenvalue weighted by atomic mass is 19.3. The van der Waals surface area contributed by atoms with Crippen molar-refractivity contribution in [2.45, 2.75) is 38.7 Å². The number of carbonyl (C=O) groups is 3. The number of H-pyrrole nitrogens is 1. The number of alkyl halides is 2. The summed E-state index contributed by atoms with van der Waals surface area (Å²) < 4.78 is 31.7. The van der Waals surface area contributed by atoms with Crippen molar-refractivity contribution in [1.82, 2.24) is 20.3 Å². The van der Waals surface area contributed by atoms with Gasteiger partial charge in [0.05, 0.1) is 28.4 Å². The molecule has 3 aromatic heterocycles. The second kappa shape index (κ2) is 8.23. The zero-order chi connectivity index (χ0) is 24.9. The highest BCUT2D eigenvalue weighted by Gasteiger charge is 2.44. The van der Waals surface area contributed by atoms with Crippen LogP contribution in [0.25, 0.3) is 21.7 Å². The fourth-order valence-electron chi connectivity index (χ4n) is 4.71. The largest absolute Gasteiger partial charge is 0.359 e. The molecule has 178 valence electrons. The molecule has 0 radical (unpaired) electrons. The maximum absolute atomic E-state index is 15.8. The number of piperidine rings is 1. The van der Waals surface area contributed by atoms with Gasteiger partial charge in [-0.25, -0.2) is 4.98 Å². The maximum Gasteiger partial charge on any atom is 0.302 e. The van der Waals surface area contributed by atoms with Crippen molar-refractivity contribution in [3.05, 3.63) is 65.7 Å². The van der Waals surface area contributed by atoms with Gasteiger partial charge in [0.2, 0.25) is 11.8 Å². The first-order chi connectivity index (χ1) is 16.9. The molecule has 0 bridgehead atoms. The number of benzene rings is 1. The predicted octanol–water partition coefficient (Wildman–Crippen LogP) is 4.04. The molecule has 1 atom stereocenters. The number of hydrogen-bond donors (Lipinski definition) is 2.